The summed E-state index contributed by atoms with van der Waals surface area (Å²) in [5, 5.41) is 7.95. The molecule has 0 aliphatic rings. The van der Waals surface area contributed by atoms with Gasteiger partial charge in [0.15, 0.2) is 6.61 Å². The number of thiophene rings is 1. The summed E-state index contributed by atoms with van der Waals surface area (Å²) in [5.74, 6) is -0.880. The Hall–Kier alpha value is -2.67. The molecular formula is C17H17N3O3S. The summed E-state index contributed by atoms with van der Waals surface area (Å²) >= 11 is 1.35. The summed E-state index contributed by atoms with van der Waals surface area (Å²) in [6.45, 7) is 3.34. The van der Waals surface area contributed by atoms with Crippen LogP contribution in [0.5, 0.6) is 0 Å². The second kappa shape index (κ2) is 6.45. The summed E-state index contributed by atoms with van der Waals surface area (Å²) < 4.78 is 7.81. The first-order chi connectivity index (χ1) is 11.5. The summed E-state index contributed by atoms with van der Waals surface area (Å²) in [4.78, 5) is 24.6. The molecular weight excluding hydrogens is 326 g/mol. The Morgan fingerprint density at radius 3 is 2.71 bits per heavy atom. The number of hydrogen-bond donors (Lipinski definition) is 1. The van der Waals surface area contributed by atoms with E-state index in [0.717, 1.165) is 21.5 Å². The molecule has 2 aromatic heterocycles. The molecule has 0 unspecified atom stereocenters. The lowest BCUT2D eigenvalue weighted by Gasteiger charge is -2.06. The zero-order valence-electron chi connectivity index (χ0n) is 13.6. The van der Waals surface area contributed by atoms with Crippen LogP contribution in [0.3, 0.4) is 0 Å². The summed E-state index contributed by atoms with van der Waals surface area (Å²) in [6, 6.07) is 9.48. The Kier molecular flexibility index (Phi) is 4.35. The molecule has 0 fully saturated rings. The first-order valence-corrected chi connectivity index (χ1v) is 8.23. The van der Waals surface area contributed by atoms with Crippen molar-refractivity contribution in [3.05, 3.63) is 46.6 Å². The van der Waals surface area contributed by atoms with Crippen LogP contribution in [0.15, 0.2) is 30.3 Å². The lowest BCUT2D eigenvalue weighted by molar-refractivity contribution is -0.119. The molecule has 6 nitrogen and oxygen atoms in total. The Morgan fingerprint density at radius 2 is 2.04 bits per heavy atom. The molecule has 0 saturated heterocycles. The summed E-state index contributed by atoms with van der Waals surface area (Å²) in [6.07, 6.45) is 0. The van der Waals surface area contributed by atoms with Crippen LogP contribution < -0.4 is 5.32 Å². The molecule has 0 bridgehead atoms. The van der Waals surface area contributed by atoms with E-state index in [1.807, 2.05) is 38.1 Å². The number of esters is 1. The predicted molar refractivity (Wildman–Crippen MR) is 93.4 cm³/mol. The number of carbonyl (C=O) groups is 2. The number of benzene rings is 1. The van der Waals surface area contributed by atoms with E-state index in [9.17, 15) is 9.59 Å². The first-order valence-electron chi connectivity index (χ1n) is 7.41. The van der Waals surface area contributed by atoms with Gasteiger partial charge in [0.05, 0.1) is 17.1 Å². The number of hydrogen-bond acceptors (Lipinski definition) is 5. The number of nitrogens with one attached hydrogen (secondary N) is 1. The molecule has 7 heteroatoms. The quantitative estimate of drug-likeness (QED) is 0.739. The maximum Gasteiger partial charge on any atom is 0.348 e. The van der Waals surface area contributed by atoms with Crippen molar-refractivity contribution in [2.75, 3.05) is 11.9 Å². The molecule has 1 N–H and O–H groups in total. The smallest absolute Gasteiger partial charge is 0.348 e. The number of amides is 1. The van der Waals surface area contributed by atoms with Gasteiger partial charge in [0.2, 0.25) is 0 Å². The van der Waals surface area contributed by atoms with Gasteiger partial charge in [0.25, 0.3) is 5.91 Å². The fourth-order valence-corrected chi connectivity index (χ4v) is 3.37. The highest BCUT2D eigenvalue weighted by molar-refractivity contribution is 7.20. The highest BCUT2D eigenvalue weighted by atomic mass is 32.1. The number of aryl methyl sites for hydroxylation is 2. The van der Waals surface area contributed by atoms with Crippen molar-refractivity contribution in [3.8, 4) is 0 Å². The molecule has 0 aliphatic carbocycles. The number of ether oxygens (including phenoxy) is 1. The Bertz CT molecular complexity index is 893. The fourth-order valence-electron chi connectivity index (χ4n) is 2.41. The van der Waals surface area contributed by atoms with Gasteiger partial charge >= 0.3 is 5.97 Å². The van der Waals surface area contributed by atoms with Crippen molar-refractivity contribution in [1.29, 1.82) is 0 Å². The van der Waals surface area contributed by atoms with Gasteiger partial charge in [-0.05, 0) is 31.4 Å². The highest BCUT2D eigenvalue weighted by Crippen LogP contribution is 2.25. The molecule has 0 saturated carbocycles. The molecule has 0 atom stereocenters. The van der Waals surface area contributed by atoms with E-state index in [0.29, 0.717) is 10.6 Å². The number of nitrogens with zero attached hydrogens (tertiary/aromatic N) is 2. The molecule has 0 radical (unpaired) electrons. The molecule has 24 heavy (non-hydrogen) atoms. The van der Waals surface area contributed by atoms with E-state index in [2.05, 4.69) is 10.4 Å². The zero-order valence-corrected chi connectivity index (χ0v) is 14.4. The third-order valence-electron chi connectivity index (χ3n) is 3.73. The van der Waals surface area contributed by atoms with E-state index >= 15 is 0 Å². The van der Waals surface area contributed by atoms with Crippen molar-refractivity contribution >= 4 is 39.0 Å². The van der Waals surface area contributed by atoms with Gasteiger partial charge in [-0.15, -0.1) is 11.3 Å². The second-order valence-corrected chi connectivity index (χ2v) is 6.53. The average Bonchev–Trinajstić information content (AvgIpc) is 3.09. The standard InChI is InChI=1S/C17H17N3O3S/c1-10-16(11(2)20(3)19-10)18-15(21)9-23-17(22)14-8-12-6-4-5-7-13(12)24-14/h4-8H,9H2,1-3H3,(H,18,21). The average molecular weight is 343 g/mol. The van der Waals surface area contributed by atoms with E-state index < -0.39 is 5.97 Å². The van der Waals surface area contributed by atoms with Crippen LogP contribution in [0.4, 0.5) is 5.69 Å². The normalized spacial score (nSPS) is 10.8. The van der Waals surface area contributed by atoms with Crippen molar-refractivity contribution < 1.29 is 14.3 Å². The predicted octanol–water partition coefficient (Wildman–Crippen LogP) is 3.05. The minimum absolute atomic E-state index is 0.332. The molecule has 0 aliphatic heterocycles. The van der Waals surface area contributed by atoms with Gasteiger partial charge in [-0.25, -0.2) is 4.79 Å². The van der Waals surface area contributed by atoms with E-state index in [-0.39, 0.29) is 12.5 Å². The minimum atomic E-state index is -0.494. The Balaban J connectivity index is 1.62. The van der Waals surface area contributed by atoms with Gasteiger partial charge in [-0.3, -0.25) is 9.48 Å². The molecule has 0 spiro atoms. The van der Waals surface area contributed by atoms with Crippen LogP contribution in [0.25, 0.3) is 10.1 Å². The lowest BCUT2D eigenvalue weighted by atomic mass is 10.2. The SMILES string of the molecule is Cc1nn(C)c(C)c1NC(=O)COC(=O)c1cc2ccccc2s1. The molecule has 2 heterocycles. The van der Waals surface area contributed by atoms with Gasteiger partial charge < -0.3 is 10.1 Å². The molecule has 3 rings (SSSR count). The van der Waals surface area contributed by atoms with E-state index in [4.69, 9.17) is 4.74 Å². The van der Waals surface area contributed by atoms with Crippen LogP contribution >= 0.6 is 11.3 Å². The van der Waals surface area contributed by atoms with Gasteiger partial charge in [0.1, 0.15) is 4.88 Å². The minimum Gasteiger partial charge on any atom is -0.451 e. The van der Waals surface area contributed by atoms with Crippen molar-refractivity contribution in [3.63, 3.8) is 0 Å². The third-order valence-corrected chi connectivity index (χ3v) is 4.83. The number of aromatic nitrogens is 2. The number of fused-ring (bicyclic) bond motifs is 1. The van der Waals surface area contributed by atoms with Crippen LogP contribution in [0.1, 0.15) is 21.1 Å². The molecule has 124 valence electrons. The third kappa shape index (κ3) is 3.16. The molecule has 1 aromatic carbocycles. The Labute approximate surface area is 143 Å². The van der Waals surface area contributed by atoms with Crippen molar-refractivity contribution in [2.24, 2.45) is 7.05 Å². The maximum absolute atomic E-state index is 12.1. The van der Waals surface area contributed by atoms with Crippen LogP contribution in [-0.4, -0.2) is 28.3 Å². The largest absolute Gasteiger partial charge is 0.451 e. The monoisotopic (exact) mass is 343 g/mol. The van der Waals surface area contributed by atoms with Gasteiger partial charge in [-0.1, -0.05) is 18.2 Å². The van der Waals surface area contributed by atoms with Crippen LogP contribution in [0, 0.1) is 13.8 Å². The maximum atomic E-state index is 12.1. The van der Waals surface area contributed by atoms with Crippen LogP contribution in [0.2, 0.25) is 0 Å². The first kappa shape index (κ1) is 16.2. The topological polar surface area (TPSA) is 73.2 Å². The second-order valence-electron chi connectivity index (χ2n) is 5.44. The highest BCUT2D eigenvalue weighted by Gasteiger charge is 2.16. The molecule has 3 aromatic rings. The number of carbonyl (C=O) groups excluding carboxylic acids is 2. The van der Waals surface area contributed by atoms with Gasteiger partial charge in [0, 0.05) is 11.7 Å². The van der Waals surface area contributed by atoms with Crippen LogP contribution in [-0.2, 0) is 16.6 Å². The number of anilines is 1. The van der Waals surface area contributed by atoms with E-state index in [1.54, 1.807) is 17.8 Å². The lowest BCUT2D eigenvalue weighted by Crippen LogP contribution is -2.21. The van der Waals surface area contributed by atoms with Crippen molar-refractivity contribution in [2.45, 2.75) is 13.8 Å². The Morgan fingerprint density at radius 1 is 1.29 bits per heavy atom. The fraction of sp³-hybridized carbons (Fsp3) is 0.235. The van der Waals surface area contributed by atoms with Gasteiger partial charge in [-0.2, -0.15) is 5.10 Å². The molecule has 1 amide bonds. The summed E-state index contributed by atoms with van der Waals surface area (Å²) in [7, 11) is 1.81. The number of rotatable bonds is 4. The van der Waals surface area contributed by atoms with E-state index in [1.165, 1.54) is 11.3 Å². The zero-order chi connectivity index (χ0) is 17.3. The van der Waals surface area contributed by atoms with Crippen molar-refractivity contribution in [1.82, 2.24) is 9.78 Å². The summed E-state index contributed by atoms with van der Waals surface area (Å²) in [5.41, 5.74) is 2.22.